The van der Waals surface area contributed by atoms with Crippen LogP contribution >= 0.6 is 0 Å². The van der Waals surface area contributed by atoms with Gasteiger partial charge in [0.05, 0.1) is 6.61 Å². The van der Waals surface area contributed by atoms with Crippen LogP contribution in [0.5, 0.6) is 0 Å². The molecule has 1 radical (unpaired) electrons. The van der Waals surface area contributed by atoms with Gasteiger partial charge >= 0.3 is 0 Å². The third-order valence-electron chi connectivity index (χ3n) is 1.76. The molecule has 2 rings (SSSR count). The van der Waals surface area contributed by atoms with Crippen molar-refractivity contribution in [3.05, 3.63) is 6.23 Å². The normalized spacial score (nSPS) is 30.7. The van der Waals surface area contributed by atoms with Crippen LogP contribution in [0, 0.1) is 6.23 Å². The van der Waals surface area contributed by atoms with E-state index in [4.69, 9.17) is 9.78 Å². The summed E-state index contributed by atoms with van der Waals surface area (Å²) in [4.78, 5) is 11.8. The van der Waals surface area contributed by atoms with Crippen LogP contribution in [0.3, 0.4) is 0 Å². The minimum Gasteiger partial charge on any atom is -0.269 e. The molecule has 0 aromatic rings. The molecular weight excluding hydrogens is 118 g/mol. The van der Waals surface area contributed by atoms with E-state index < -0.39 is 0 Å². The number of nitrogens with zero attached hydrogens (tertiary/aromatic N) is 1. The fourth-order valence-corrected chi connectivity index (χ4v) is 1.06. The number of hydrogen-bond acceptors (Lipinski definition) is 3. The number of hydrogen-bond donors (Lipinski definition) is 0. The second kappa shape index (κ2) is 2.25. The maximum Gasteiger partial charge on any atom is 0.205 e. The Kier molecular flexibility index (Phi) is 1.41. The molecule has 0 unspecified atom stereocenters. The van der Waals surface area contributed by atoms with E-state index in [1.54, 1.807) is 0 Å². The van der Waals surface area contributed by atoms with E-state index >= 15 is 0 Å². The van der Waals surface area contributed by atoms with Crippen molar-refractivity contribution in [1.82, 2.24) is 4.90 Å². The van der Waals surface area contributed by atoms with Crippen molar-refractivity contribution in [2.75, 3.05) is 19.7 Å². The monoisotopic (exact) mass is 128 g/mol. The second-order valence-corrected chi connectivity index (χ2v) is 2.39. The lowest BCUT2D eigenvalue weighted by molar-refractivity contribution is -0.266. The largest absolute Gasteiger partial charge is 0.269 e. The Morgan fingerprint density at radius 2 is 2.22 bits per heavy atom. The predicted octanol–water partition coefficient (Wildman–Crippen LogP) is 0.533. The highest BCUT2D eigenvalue weighted by atomic mass is 17.2. The minimum atomic E-state index is 0.728. The number of likely N-dealkylation sites (tertiary alicyclic amines) is 1. The highest BCUT2D eigenvalue weighted by Gasteiger charge is 2.30. The first-order chi connectivity index (χ1) is 4.47. The summed E-state index contributed by atoms with van der Waals surface area (Å²) < 4.78 is 0. The molecule has 2 aliphatic rings. The van der Waals surface area contributed by atoms with Crippen molar-refractivity contribution < 1.29 is 9.78 Å². The molecule has 3 heteroatoms. The molecule has 0 bridgehead atoms. The summed E-state index contributed by atoms with van der Waals surface area (Å²) in [5, 5.41) is 0. The Balaban J connectivity index is 1.82. The molecule has 0 aliphatic carbocycles. The average molecular weight is 128 g/mol. The zero-order valence-corrected chi connectivity index (χ0v) is 5.30. The summed E-state index contributed by atoms with van der Waals surface area (Å²) in [5.41, 5.74) is 0. The van der Waals surface area contributed by atoms with Gasteiger partial charge in [-0.15, -0.1) is 0 Å². The summed E-state index contributed by atoms with van der Waals surface area (Å²) in [7, 11) is 0. The van der Waals surface area contributed by atoms with Gasteiger partial charge in [-0.2, -0.15) is 0 Å². The molecule has 51 valence electrons. The smallest absolute Gasteiger partial charge is 0.205 e. The van der Waals surface area contributed by atoms with Gasteiger partial charge in [0.1, 0.15) is 0 Å². The lowest BCUT2D eigenvalue weighted by Gasteiger charge is -2.32. The van der Waals surface area contributed by atoms with Crippen LogP contribution in [0.15, 0.2) is 0 Å². The van der Waals surface area contributed by atoms with Gasteiger partial charge in [-0.1, -0.05) is 0 Å². The molecule has 3 nitrogen and oxygen atoms in total. The van der Waals surface area contributed by atoms with E-state index in [0.717, 1.165) is 32.3 Å². The van der Waals surface area contributed by atoms with Crippen LogP contribution < -0.4 is 0 Å². The standard InChI is InChI=1S/C6H10NO2/c1-3-7(4-1)6-2-5-8-9-6/h1-5H2. The van der Waals surface area contributed by atoms with Gasteiger partial charge in [0, 0.05) is 19.5 Å². The highest BCUT2D eigenvalue weighted by Crippen LogP contribution is 2.25. The molecule has 0 atom stereocenters. The van der Waals surface area contributed by atoms with Crippen molar-refractivity contribution >= 4 is 0 Å². The van der Waals surface area contributed by atoms with E-state index in [-0.39, 0.29) is 0 Å². The summed E-state index contributed by atoms with van der Waals surface area (Å²) >= 11 is 0. The molecule has 9 heavy (non-hydrogen) atoms. The zero-order valence-electron chi connectivity index (χ0n) is 5.30. The van der Waals surface area contributed by atoms with Crippen LogP contribution in [-0.4, -0.2) is 24.6 Å². The molecule has 2 saturated heterocycles. The summed E-state index contributed by atoms with van der Waals surface area (Å²) in [5.74, 6) is 0. The Hall–Kier alpha value is -0.120. The van der Waals surface area contributed by atoms with E-state index in [1.807, 2.05) is 0 Å². The summed E-state index contributed by atoms with van der Waals surface area (Å²) in [6.45, 7) is 3.03. The van der Waals surface area contributed by atoms with Crippen molar-refractivity contribution in [3.63, 3.8) is 0 Å². The van der Waals surface area contributed by atoms with Crippen LogP contribution in [0.25, 0.3) is 0 Å². The van der Waals surface area contributed by atoms with Crippen LogP contribution in [0.1, 0.15) is 12.8 Å². The van der Waals surface area contributed by atoms with Crippen molar-refractivity contribution in [2.24, 2.45) is 0 Å². The molecule has 2 heterocycles. The molecule has 0 saturated carbocycles. The van der Waals surface area contributed by atoms with Crippen molar-refractivity contribution in [2.45, 2.75) is 12.8 Å². The second-order valence-electron chi connectivity index (χ2n) is 2.39. The fraction of sp³-hybridized carbons (Fsp3) is 0.833. The van der Waals surface area contributed by atoms with Crippen LogP contribution in [-0.2, 0) is 9.78 Å². The van der Waals surface area contributed by atoms with Gasteiger partial charge in [-0.05, 0) is 6.42 Å². The molecule has 0 aromatic heterocycles. The van der Waals surface area contributed by atoms with Crippen LogP contribution in [0.4, 0.5) is 0 Å². The maximum atomic E-state index is 4.90. The first kappa shape index (κ1) is 5.65. The maximum absolute atomic E-state index is 4.90. The van der Waals surface area contributed by atoms with Gasteiger partial charge < -0.3 is 0 Å². The topological polar surface area (TPSA) is 21.7 Å². The molecule has 2 aliphatic heterocycles. The first-order valence-corrected chi connectivity index (χ1v) is 3.37. The van der Waals surface area contributed by atoms with Gasteiger partial charge in [0.25, 0.3) is 0 Å². The van der Waals surface area contributed by atoms with Gasteiger partial charge in [0.2, 0.25) is 6.23 Å². The van der Waals surface area contributed by atoms with Crippen LogP contribution in [0.2, 0.25) is 0 Å². The van der Waals surface area contributed by atoms with Gasteiger partial charge in [0.15, 0.2) is 0 Å². The SMILES string of the molecule is C1CN([C]2CCOO2)C1. The van der Waals surface area contributed by atoms with Gasteiger partial charge in [-0.3, -0.25) is 4.90 Å². The van der Waals surface area contributed by atoms with E-state index in [2.05, 4.69) is 4.90 Å². The lowest BCUT2D eigenvalue weighted by atomic mass is 10.2. The minimum absolute atomic E-state index is 0.728. The Morgan fingerprint density at radius 1 is 1.33 bits per heavy atom. The lowest BCUT2D eigenvalue weighted by Crippen LogP contribution is -2.39. The highest BCUT2D eigenvalue weighted by molar-refractivity contribution is 4.85. The number of rotatable bonds is 1. The third-order valence-corrected chi connectivity index (χ3v) is 1.76. The van der Waals surface area contributed by atoms with E-state index in [9.17, 15) is 0 Å². The summed E-state index contributed by atoms with van der Waals surface area (Å²) in [6, 6.07) is 0. The molecule has 0 spiro atoms. The predicted molar refractivity (Wildman–Crippen MR) is 31.1 cm³/mol. The van der Waals surface area contributed by atoms with Gasteiger partial charge in [-0.25, -0.2) is 9.78 Å². The van der Waals surface area contributed by atoms with Crippen molar-refractivity contribution in [1.29, 1.82) is 0 Å². The molecule has 2 fully saturated rings. The summed E-state index contributed by atoms with van der Waals surface area (Å²) in [6.07, 6.45) is 3.29. The quantitative estimate of drug-likeness (QED) is 0.481. The molecule has 0 N–H and O–H groups in total. The Bertz CT molecular complexity index is 97.2. The Morgan fingerprint density at radius 3 is 2.67 bits per heavy atom. The third kappa shape index (κ3) is 0.956. The van der Waals surface area contributed by atoms with E-state index in [0.29, 0.717) is 0 Å². The molecule has 0 amide bonds. The van der Waals surface area contributed by atoms with Crippen molar-refractivity contribution in [3.8, 4) is 0 Å². The first-order valence-electron chi connectivity index (χ1n) is 3.37. The average Bonchev–Trinajstić information content (AvgIpc) is 2.11. The molecular formula is C6H10NO2. The fourth-order valence-electron chi connectivity index (χ4n) is 1.06. The Labute approximate surface area is 54.5 Å². The zero-order chi connectivity index (χ0) is 6.10. The van der Waals surface area contributed by atoms with E-state index in [1.165, 1.54) is 6.42 Å². The molecule has 0 aromatic carbocycles.